The van der Waals surface area contributed by atoms with E-state index in [0.29, 0.717) is 26.3 Å². The first-order valence-corrected chi connectivity index (χ1v) is 6.46. The van der Waals surface area contributed by atoms with E-state index in [4.69, 9.17) is 16.3 Å². The summed E-state index contributed by atoms with van der Waals surface area (Å²) in [7, 11) is 0. The number of hydrogen-bond acceptors (Lipinski definition) is 3. The molecule has 1 aliphatic rings. The summed E-state index contributed by atoms with van der Waals surface area (Å²) in [6.45, 7) is 2.38. The quantitative estimate of drug-likeness (QED) is 0.804. The minimum Gasteiger partial charge on any atom is -0.379 e. The van der Waals surface area contributed by atoms with Crippen LogP contribution in [-0.2, 0) is 17.5 Å². The van der Waals surface area contributed by atoms with Crippen LogP contribution in [0.25, 0.3) is 0 Å². The summed E-state index contributed by atoms with van der Waals surface area (Å²) in [5.41, 5.74) is -0.818. The third-order valence-electron chi connectivity index (χ3n) is 3.14. The Kier molecular flexibility index (Phi) is 4.67. The molecule has 0 aromatic heterocycles. The monoisotopic (exact) mass is 307 g/mol. The number of hydrogen-bond donors (Lipinski definition) is 0. The largest absolute Gasteiger partial charge is 0.416 e. The number of carbonyl (C=O) groups is 1. The predicted octanol–water partition coefficient (Wildman–Crippen LogP) is 2.92. The number of nitrogens with zero attached hydrogens (tertiary/aromatic N) is 1. The molecule has 1 aromatic rings. The van der Waals surface area contributed by atoms with Crippen molar-refractivity contribution < 1.29 is 22.7 Å². The lowest BCUT2D eigenvalue weighted by Gasteiger charge is -2.27. The first-order chi connectivity index (χ1) is 9.38. The normalized spacial score (nSPS) is 17.2. The van der Waals surface area contributed by atoms with Crippen molar-refractivity contribution in [3.05, 3.63) is 34.9 Å². The van der Waals surface area contributed by atoms with E-state index in [2.05, 4.69) is 0 Å². The molecule has 1 aliphatic heterocycles. The molecule has 7 heteroatoms. The van der Waals surface area contributed by atoms with E-state index in [1.807, 2.05) is 4.90 Å². The van der Waals surface area contributed by atoms with E-state index in [0.717, 1.165) is 6.07 Å². The zero-order chi connectivity index (χ0) is 14.8. The smallest absolute Gasteiger partial charge is 0.379 e. The summed E-state index contributed by atoms with van der Waals surface area (Å²) in [5, 5.41) is -0.895. The van der Waals surface area contributed by atoms with E-state index in [9.17, 15) is 18.0 Å². The first-order valence-electron chi connectivity index (χ1n) is 6.08. The molecule has 20 heavy (non-hydrogen) atoms. The van der Waals surface area contributed by atoms with Gasteiger partial charge in [-0.15, -0.1) is 0 Å². The van der Waals surface area contributed by atoms with Crippen LogP contribution in [-0.4, -0.2) is 36.4 Å². The molecular formula is C13H13ClF3NO2. The van der Waals surface area contributed by atoms with Crippen molar-refractivity contribution in [3.8, 4) is 0 Å². The maximum Gasteiger partial charge on any atom is 0.416 e. The molecule has 0 atom stereocenters. The Balaban J connectivity index is 2.28. The second-order valence-electron chi connectivity index (χ2n) is 4.53. The van der Waals surface area contributed by atoms with Crippen molar-refractivity contribution in [3.63, 3.8) is 0 Å². The Hall–Kier alpha value is -1.11. The summed E-state index contributed by atoms with van der Waals surface area (Å²) < 4.78 is 44.3. The van der Waals surface area contributed by atoms with Gasteiger partial charge in [0.15, 0.2) is 0 Å². The van der Waals surface area contributed by atoms with Crippen molar-refractivity contribution in [2.75, 3.05) is 26.3 Å². The fourth-order valence-corrected chi connectivity index (χ4v) is 2.22. The number of morpholine rings is 1. The van der Waals surface area contributed by atoms with Crippen LogP contribution in [0.2, 0.25) is 0 Å². The van der Waals surface area contributed by atoms with Crippen LogP contribution in [0.5, 0.6) is 0 Å². The molecule has 0 amide bonds. The predicted molar refractivity (Wildman–Crippen MR) is 67.7 cm³/mol. The van der Waals surface area contributed by atoms with Crippen molar-refractivity contribution >= 4 is 16.8 Å². The Morgan fingerprint density at radius 1 is 1.30 bits per heavy atom. The molecule has 0 aliphatic carbocycles. The Morgan fingerprint density at radius 3 is 2.50 bits per heavy atom. The van der Waals surface area contributed by atoms with Crippen LogP contribution in [0.4, 0.5) is 13.2 Å². The molecule has 2 rings (SSSR count). The van der Waals surface area contributed by atoms with Gasteiger partial charge in [-0.1, -0.05) is 6.07 Å². The molecule has 1 fully saturated rings. The molecule has 0 unspecified atom stereocenters. The summed E-state index contributed by atoms with van der Waals surface area (Å²) in [4.78, 5) is 12.9. The first kappa shape index (κ1) is 15.3. The SMILES string of the molecule is O=C(Cl)c1ccc(CN2CCOCC2)c(C(F)(F)F)c1. The molecular weight excluding hydrogens is 295 g/mol. The third kappa shape index (κ3) is 3.71. The van der Waals surface area contributed by atoms with Gasteiger partial charge in [-0.25, -0.2) is 0 Å². The van der Waals surface area contributed by atoms with E-state index in [-0.39, 0.29) is 17.7 Å². The van der Waals surface area contributed by atoms with Gasteiger partial charge in [0.1, 0.15) is 0 Å². The molecule has 0 spiro atoms. The van der Waals surface area contributed by atoms with Crippen LogP contribution < -0.4 is 0 Å². The summed E-state index contributed by atoms with van der Waals surface area (Å²) in [5.74, 6) is 0. The fourth-order valence-electron chi connectivity index (χ4n) is 2.10. The second-order valence-corrected chi connectivity index (χ2v) is 4.88. The number of carbonyl (C=O) groups excluding carboxylic acids is 1. The zero-order valence-electron chi connectivity index (χ0n) is 10.5. The van der Waals surface area contributed by atoms with Crippen molar-refractivity contribution in [1.29, 1.82) is 0 Å². The standard InChI is InChI=1S/C13H13ClF3NO2/c14-12(19)9-1-2-10(11(7-9)13(15,16)17)8-18-3-5-20-6-4-18/h1-2,7H,3-6,8H2. The number of halogens is 4. The minimum atomic E-state index is -4.51. The van der Waals surface area contributed by atoms with Gasteiger partial charge in [0.2, 0.25) is 0 Å². The second kappa shape index (κ2) is 6.11. The molecule has 3 nitrogen and oxygen atoms in total. The van der Waals surface area contributed by atoms with Gasteiger partial charge in [-0.2, -0.15) is 13.2 Å². The molecule has 0 N–H and O–H groups in total. The number of ether oxygens (including phenoxy) is 1. The topological polar surface area (TPSA) is 29.5 Å². The molecule has 0 radical (unpaired) electrons. The molecule has 0 bridgehead atoms. The lowest BCUT2D eigenvalue weighted by atomic mass is 10.0. The molecule has 1 saturated heterocycles. The lowest BCUT2D eigenvalue weighted by molar-refractivity contribution is -0.138. The highest BCUT2D eigenvalue weighted by atomic mass is 35.5. The fraction of sp³-hybridized carbons (Fsp3) is 0.462. The van der Waals surface area contributed by atoms with Crippen LogP contribution in [0.15, 0.2) is 18.2 Å². The number of benzene rings is 1. The van der Waals surface area contributed by atoms with Gasteiger partial charge >= 0.3 is 6.18 Å². The molecule has 0 saturated carbocycles. The van der Waals surface area contributed by atoms with Crippen molar-refractivity contribution in [1.82, 2.24) is 4.90 Å². The average Bonchev–Trinajstić information content (AvgIpc) is 2.39. The van der Waals surface area contributed by atoms with Gasteiger partial charge in [-0.05, 0) is 29.3 Å². The van der Waals surface area contributed by atoms with Gasteiger partial charge in [-0.3, -0.25) is 9.69 Å². The van der Waals surface area contributed by atoms with Crippen LogP contribution in [0.3, 0.4) is 0 Å². The molecule has 110 valence electrons. The molecule has 1 heterocycles. The maximum absolute atomic E-state index is 13.0. The minimum absolute atomic E-state index is 0.140. The van der Waals surface area contributed by atoms with E-state index in [1.54, 1.807) is 0 Å². The van der Waals surface area contributed by atoms with E-state index < -0.39 is 17.0 Å². The van der Waals surface area contributed by atoms with Gasteiger partial charge in [0.25, 0.3) is 5.24 Å². The highest BCUT2D eigenvalue weighted by Crippen LogP contribution is 2.33. The Morgan fingerprint density at radius 2 is 1.95 bits per heavy atom. The highest BCUT2D eigenvalue weighted by molar-refractivity contribution is 6.67. The van der Waals surface area contributed by atoms with Gasteiger partial charge < -0.3 is 4.74 Å². The van der Waals surface area contributed by atoms with Crippen LogP contribution in [0, 0.1) is 0 Å². The molecule has 1 aromatic carbocycles. The van der Waals surface area contributed by atoms with Crippen LogP contribution >= 0.6 is 11.6 Å². The summed E-state index contributed by atoms with van der Waals surface area (Å²) >= 11 is 5.24. The highest BCUT2D eigenvalue weighted by Gasteiger charge is 2.34. The van der Waals surface area contributed by atoms with Crippen LogP contribution in [0.1, 0.15) is 21.5 Å². The Labute approximate surface area is 119 Å². The van der Waals surface area contributed by atoms with Crippen molar-refractivity contribution in [2.45, 2.75) is 12.7 Å². The maximum atomic E-state index is 13.0. The van der Waals surface area contributed by atoms with Gasteiger partial charge in [0, 0.05) is 25.2 Å². The Bertz CT molecular complexity index is 499. The number of rotatable bonds is 3. The number of alkyl halides is 3. The third-order valence-corrected chi connectivity index (χ3v) is 3.36. The van der Waals surface area contributed by atoms with Gasteiger partial charge in [0.05, 0.1) is 18.8 Å². The van der Waals surface area contributed by atoms with E-state index in [1.165, 1.54) is 12.1 Å². The summed E-state index contributed by atoms with van der Waals surface area (Å²) in [6.07, 6.45) is -4.51. The zero-order valence-corrected chi connectivity index (χ0v) is 11.3. The average molecular weight is 308 g/mol. The van der Waals surface area contributed by atoms with E-state index >= 15 is 0 Å². The van der Waals surface area contributed by atoms with Crippen molar-refractivity contribution in [2.24, 2.45) is 0 Å². The lowest BCUT2D eigenvalue weighted by Crippen LogP contribution is -2.36. The summed E-state index contributed by atoms with van der Waals surface area (Å²) in [6, 6.07) is 3.44.